The molecular formula is C19H18N4O3. The van der Waals surface area contributed by atoms with Crippen LogP contribution in [0.4, 0.5) is 17.3 Å². The molecule has 1 aromatic heterocycles. The van der Waals surface area contributed by atoms with Gasteiger partial charge in [-0.25, -0.2) is 9.97 Å². The Morgan fingerprint density at radius 3 is 2.27 bits per heavy atom. The number of hydrogen-bond acceptors (Lipinski definition) is 6. The number of ether oxygens (including phenoxy) is 2. The second-order valence-electron chi connectivity index (χ2n) is 5.30. The lowest BCUT2D eigenvalue weighted by atomic mass is 10.2. The largest absolute Gasteiger partial charge is 0.497 e. The molecule has 7 nitrogen and oxygen atoms in total. The van der Waals surface area contributed by atoms with Gasteiger partial charge in [-0.2, -0.15) is 0 Å². The lowest BCUT2D eigenvalue weighted by Gasteiger charge is -2.10. The molecule has 0 radical (unpaired) electrons. The van der Waals surface area contributed by atoms with Crippen molar-refractivity contribution in [2.75, 3.05) is 24.9 Å². The van der Waals surface area contributed by atoms with Crippen LogP contribution in [0.1, 0.15) is 10.4 Å². The molecule has 132 valence electrons. The van der Waals surface area contributed by atoms with Gasteiger partial charge in [0.25, 0.3) is 5.91 Å². The Morgan fingerprint density at radius 1 is 0.923 bits per heavy atom. The minimum absolute atomic E-state index is 0.314. The lowest BCUT2D eigenvalue weighted by molar-refractivity contribution is 0.102. The molecule has 0 aliphatic heterocycles. The highest BCUT2D eigenvalue weighted by atomic mass is 16.5. The number of methoxy groups -OCH3 is 2. The quantitative estimate of drug-likeness (QED) is 0.708. The summed E-state index contributed by atoms with van der Waals surface area (Å²) >= 11 is 0. The number of nitrogens with zero attached hydrogens (tertiary/aromatic N) is 2. The van der Waals surface area contributed by atoms with Crippen molar-refractivity contribution in [1.29, 1.82) is 0 Å². The Kier molecular flexibility index (Phi) is 5.28. The minimum Gasteiger partial charge on any atom is -0.497 e. The maximum atomic E-state index is 12.3. The first-order valence-corrected chi connectivity index (χ1v) is 7.87. The fraction of sp³-hybridized carbons (Fsp3) is 0.105. The predicted octanol–water partition coefficient (Wildman–Crippen LogP) is 3.49. The number of anilines is 3. The smallest absolute Gasteiger partial charge is 0.258 e. The van der Waals surface area contributed by atoms with Crippen LogP contribution < -0.4 is 20.1 Å². The van der Waals surface area contributed by atoms with E-state index >= 15 is 0 Å². The van der Waals surface area contributed by atoms with E-state index in [2.05, 4.69) is 20.6 Å². The third-order valence-corrected chi connectivity index (χ3v) is 3.62. The molecule has 1 heterocycles. The van der Waals surface area contributed by atoms with Gasteiger partial charge in [0.1, 0.15) is 11.5 Å². The third kappa shape index (κ3) is 4.07. The number of rotatable bonds is 6. The standard InChI is InChI=1S/C19H18N4O3/c1-25-15-9-7-14(8-10-15)22-19-20-11-13(12-21-19)18(24)23-16-5-3-4-6-17(16)26-2/h3-12H,1-2H3,(H,23,24)(H,20,21,22). The number of para-hydroxylation sites is 2. The normalized spacial score (nSPS) is 10.1. The van der Waals surface area contributed by atoms with Crippen LogP contribution in [0, 0.1) is 0 Å². The number of carbonyl (C=O) groups excluding carboxylic acids is 1. The topological polar surface area (TPSA) is 85.4 Å². The lowest BCUT2D eigenvalue weighted by Crippen LogP contribution is -2.13. The molecule has 0 unspecified atom stereocenters. The van der Waals surface area contributed by atoms with Crippen molar-refractivity contribution in [3.05, 3.63) is 66.5 Å². The van der Waals surface area contributed by atoms with Gasteiger partial charge in [0, 0.05) is 18.1 Å². The van der Waals surface area contributed by atoms with E-state index in [0.717, 1.165) is 11.4 Å². The Morgan fingerprint density at radius 2 is 1.62 bits per heavy atom. The highest BCUT2D eigenvalue weighted by molar-refractivity contribution is 6.04. The zero-order valence-electron chi connectivity index (χ0n) is 14.4. The summed E-state index contributed by atoms with van der Waals surface area (Å²) < 4.78 is 10.3. The van der Waals surface area contributed by atoms with Gasteiger partial charge in [-0.1, -0.05) is 12.1 Å². The molecule has 7 heteroatoms. The van der Waals surface area contributed by atoms with Crippen molar-refractivity contribution in [3.8, 4) is 11.5 Å². The van der Waals surface area contributed by atoms with Gasteiger partial charge in [-0.05, 0) is 36.4 Å². The Balaban J connectivity index is 1.67. The van der Waals surface area contributed by atoms with Gasteiger partial charge in [0.2, 0.25) is 5.95 Å². The molecule has 0 bridgehead atoms. The summed E-state index contributed by atoms with van der Waals surface area (Å²) in [5.41, 5.74) is 1.74. The Hall–Kier alpha value is -3.61. The van der Waals surface area contributed by atoms with E-state index in [-0.39, 0.29) is 5.91 Å². The summed E-state index contributed by atoms with van der Waals surface area (Å²) in [6, 6.07) is 14.5. The van der Waals surface area contributed by atoms with Crippen LogP contribution in [0.3, 0.4) is 0 Å². The van der Waals surface area contributed by atoms with Crippen molar-refractivity contribution in [3.63, 3.8) is 0 Å². The van der Waals surface area contributed by atoms with Crippen molar-refractivity contribution < 1.29 is 14.3 Å². The molecule has 0 spiro atoms. The van der Waals surface area contributed by atoms with Gasteiger partial charge in [-0.3, -0.25) is 4.79 Å². The van der Waals surface area contributed by atoms with Crippen LogP contribution in [0.15, 0.2) is 60.9 Å². The molecule has 3 rings (SSSR count). The molecule has 2 N–H and O–H groups in total. The maximum Gasteiger partial charge on any atom is 0.258 e. The van der Waals surface area contributed by atoms with Gasteiger partial charge in [-0.15, -0.1) is 0 Å². The molecule has 1 amide bonds. The summed E-state index contributed by atoms with van der Waals surface area (Å²) in [5, 5.41) is 5.84. The zero-order chi connectivity index (χ0) is 18.4. The summed E-state index contributed by atoms with van der Waals surface area (Å²) in [7, 11) is 3.16. The van der Waals surface area contributed by atoms with Crippen LogP contribution in [0.2, 0.25) is 0 Å². The first-order valence-electron chi connectivity index (χ1n) is 7.87. The number of nitrogens with one attached hydrogen (secondary N) is 2. The van der Waals surface area contributed by atoms with Gasteiger partial charge in [0.05, 0.1) is 25.5 Å². The van der Waals surface area contributed by atoms with Crippen LogP contribution >= 0.6 is 0 Å². The number of amides is 1. The number of aromatic nitrogens is 2. The Bertz CT molecular complexity index is 880. The second-order valence-corrected chi connectivity index (χ2v) is 5.30. The van der Waals surface area contributed by atoms with E-state index in [1.807, 2.05) is 36.4 Å². The van der Waals surface area contributed by atoms with Crippen molar-refractivity contribution in [2.24, 2.45) is 0 Å². The number of carbonyl (C=O) groups is 1. The maximum absolute atomic E-state index is 12.3. The van der Waals surface area contributed by atoms with E-state index in [9.17, 15) is 4.79 Å². The van der Waals surface area contributed by atoms with Crippen LogP contribution in [-0.2, 0) is 0 Å². The van der Waals surface area contributed by atoms with E-state index < -0.39 is 0 Å². The molecule has 0 aliphatic carbocycles. The highest BCUT2D eigenvalue weighted by Crippen LogP contribution is 2.23. The predicted molar refractivity (Wildman–Crippen MR) is 99.3 cm³/mol. The molecule has 26 heavy (non-hydrogen) atoms. The summed E-state index contributed by atoms with van der Waals surface area (Å²) in [5.74, 6) is 1.42. The molecule has 0 saturated heterocycles. The van der Waals surface area contributed by atoms with E-state index in [1.54, 1.807) is 26.4 Å². The fourth-order valence-corrected chi connectivity index (χ4v) is 2.26. The average molecular weight is 350 g/mol. The third-order valence-electron chi connectivity index (χ3n) is 3.62. The van der Waals surface area contributed by atoms with Gasteiger partial charge >= 0.3 is 0 Å². The van der Waals surface area contributed by atoms with Crippen LogP contribution in [0.5, 0.6) is 11.5 Å². The fourth-order valence-electron chi connectivity index (χ4n) is 2.26. The summed E-state index contributed by atoms with van der Waals surface area (Å²) in [6.45, 7) is 0. The highest BCUT2D eigenvalue weighted by Gasteiger charge is 2.10. The van der Waals surface area contributed by atoms with E-state index in [0.29, 0.717) is 22.9 Å². The zero-order valence-corrected chi connectivity index (χ0v) is 14.4. The molecule has 3 aromatic rings. The minimum atomic E-state index is -0.314. The van der Waals surface area contributed by atoms with Crippen molar-refractivity contribution in [1.82, 2.24) is 9.97 Å². The van der Waals surface area contributed by atoms with Crippen LogP contribution in [0.25, 0.3) is 0 Å². The second kappa shape index (κ2) is 7.98. The van der Waals surface area contributed by atoms with E-state index in [1.165, 1.54) is 12.4 Å². The van der Waals surface area contributed by atoms with Crippen LogP contribution in [-0.4, -0.2) is 30.1 Å². The van der Waals surface area contributed by atoms with Crippen molar-refractivity contribution >= 4 is 23.2 Å². The molecule has 0 saturated carbocycles. The monoisotopic (exact) mass is 350 g/mol. The summed E-state index contributed by atoms with van der Waals surface area (Å²) in [6.07, 6.45) is 2.92. The molecular weight excluding hydrogens is 332 g/mol. The molecule has 0 atom stereocenters. The molecule has 0 aliphatic rings. The average Bonchev–Trinajstić information content (AvgIpc) is 2.69. The van der Waals surface area contributed by atoms with E-state index in [4.69, 9.17) is 9.47 Å². The first-order chi connectivity index (χ1) is 12.7. The van der Waals surface area contributed by atoms with Gasteiger partial charge < -0.3 is 20.1 Å². The Labute approximate surface area is 151 Å². The van der Waals surface area contributed by atoms with Crippen molar-refractivity contribution in [2.45, 2.75) is 0 Å². The molecule has 0 fully saturated rings. The first kappa shape index (κ1) is 17.2. The van der Waals surface area contributed by atoms with Gasteiger partial charge in [0.15, 0.2) is 0 Å². The SMILES string of the molecule is COc1ccc(Nc2ncc(C(=O)Nc3ccccc3OC)cn2)cc1. The number of benzene rings is 2. The summed E-state index contributed by atoms with van der Waals surface area (Å²) in [4.78, 5) is 20.7. The molecule has 2 aromatic carbocycles. The number of hydrogen-bond donors (Lipinski definition) is 2.